The Balaban J connectivity index is 2.06. The second kappa shape index (κ2) is 7.48. The van der Waals surface area contributed by atoms with Gasteiger partial charge in [0, 0.05) is 19.8 Å². The van der Waals surface area contributed by atoms with E-state index in [9.17, 15) is 9.59 Å². The molecule has 0 fully saturated rings. The van der Waals surface area contributed by atoms with E-state index >= 15 is 0 Å². The number of carbonyl (C=O) groups is 2. The van der Waals surface area contributed by atoms with Gasteiger partial charge < -0.3 is 10.6 Å². The molecule has 2 aromatic heterocycles. The van der Waals surface area contributed by atoms with Crippen LogP contribution in [0.25, 0.3) is 0 Å². The summed E-state index contributed by atoms with van der Waals surface area (Å²) in [6.45, 7) is 6.31. The van der Waals surface area contributed by atoms with Crippen LogP contribution in [0.2, 0.25) is 5.02 Å². The topological polar surface area (TPSA) is 93.8 Å². The van der Waals surface area contributed by atoms with Crippen molar-refractivity contribution < 1.29 is 9.59 Å². The van der Waals surface area contributed by atoms with Gasteiger partial charge in [-0.1, -0.05) is 25.4 Å². The van der Waals surface area contributed by atoms with Crippen molar-refractivity contribution in [3.8, 4) is 0 Å². The van der Waals surface area contributed by atoms with E-state index in [0.29, 0.717) is 34.6 Å². The summed E-state index contributed by atoms with van der Waals surface area (Å²) in [5.74, 6) is -0.273. The lowest BCUT2D eigenvalue weighted by Gasteiger charge is -2.10. The van der Waals surface area contributed by atoms with E-state index in [1.54, 1.807) is 20.2 Å². The second-order valence-corrected chi connectivity index (χ2v) is 6.35. The minimum absolute atomic E-state index is 0.00446. The van der Waals surface area contributed by atoms with Crippen LogP contribution in [-0.4, -0.2) is 37.9 Å². The van der Waals surface area contributed by atoms with Crippen LogP contribution < -0.4 is 10.6 Å². The normalized spacial score (nSPS) is 10.9. The van der Waals surface area contributed by atoms with Crippen LogP contribution in [0.1, 0.15) is 30.0 Å². The molecule has 130 valence electrons. The summed E-state index contributed by atoms with van der Waals surface area (Å²) in [6, 6.07) is 0. The maximum atomic E-state index is 12.3. The highest BCUT2D eigenvalue weighted by molar-refractivity contribution is 6.31. The fourth-order valence-corrected chi connectivity index (χ4v) is 2.24. The minimum Gasteiger partial charge on any atom is -0.350 e. The highest BCUT2D eigenvalue weighted by Crippen LogP contribution is 2.15. The lowest BCUT2D eigenvalue weighted by molar-refractivity contribution is -0.116. The number of aromatic nitrogens is 4. The summed E-state index contributed by atoms with van der Waals surface area (Å²) in [4.78, 5) is 24.5. The van der Waals surface area contributed by atoms with Crippen molar-refractivity contribution >= 4 is 29.1 Å². The standard InChI is InChI=1S/C15H21ClN6O2/c1-9(2)5-17-15(24)14-12(6-18-21(14)4)19-13(23)8-22-7-11(16)10(3)20-22/h6-7,9H,5,8H2,1-4H3,(H,17,24)(H,19,23). The molecular formula is C15H21ClN6O2. The molecule has 9 heteroatoms. The van der Waals surface area contributed by atoms with Crippen LogP contribution in [0.15, 0.2) is 12.4 Å². The average Bonchev–Trinajstić information content (AvgIpc) is 2.99. The zero-order valence-corrected chi connectivity index (χ0v) is 14.9. The van der Waals surface area contributed by atoms with E-state index in [1.165, 1.54) is 15.6 Å². The number of aryl methyl sites for hydroxylation is 2. The fraction of sp³-hybridized carbons (Fsp3) is 0.467. The number of anilines is 1. The molecule has 0 spiro atoms. The van der Waals surface area contributed by atoms with E-state index < -0.39 is 0 Å². The summed E-state index contributed by atoms with van der Waals surface area (Å²) < 4.78 is 2.88. The van der Waals surface area contributed by atoms with Crippen molar-refractivity contribution in [1.82, 2.24) is 24.9 Å². The van der Waals surface area contributed by atoms with Gasteiger partial charge in [0.25, 0.3) is 5.91 Å². The van der Waals surface area contributed by atoms with Crippen LogP contribution in [0, 0.1) is 12.8 Å². The molecule has 0 radical (unpaired) electrons. The van der Waals surface area contributed by atoms with E-state index in [4.69, 9.17) is 11.6 Å². The lowest BCUT2D eigenvalue weighted by atomic mass is 10.2. The number of nitrogens with zero attached hydrogens (tertiary/aromatic N) is 4. The lowest BCUT2D eigenvalue weighted by Crippen LogP contribution is -2.30. The Morgan fingerprint density at radius 2 is 2.08 bits per heavy atom. The van der Waals surface area contributed by atoms with Gasteiger partial charge in [-0.25, -0.2) is 0 Å². The average molecular weight is 353 g/mol. The first-order chi connectivity index (χ1) is 11.3. The third-order valence-electron chi connectivity index (χ3n) is 3.29. The molecule has 0 atom stereocenters. The monoisotopic (exact) mass is 352 g/mol. The van der Waals surface area contributed by atoms with Crippen molar-refractivity contribution in [2.45, 2.75) is 27.3 Å². The van der Waals surface area contributed by atoms with Crippen LogP contribution in [-0.2, 0) is 18.4 Å². The van der Waals surface area contributed by atoms with Gasteiger partial charge in [-0.3, -0.25) is 19.0 Å². The van der Waals surface area contributed by atoms with Gasteiger partial charge in [-0.2, -0.15) is 10.2 Å². The Kier molecular flexibility index (Phi) is 5.61. The molecule has 0 aliphatic carbocycles. The van der Waals surface area contributed by atoms with Gasteiger partial charge in [-0.05, 0) is 12.8 Å². The van der Waals surface area contributed by atoms with Gasteiger partial charge in [0.2, 0.25) is 5.91 Å². The Morgan fingerprint density at radius 1 is 1.38 bits per heavy atom. The van der Waals surface area contributed by atoms with Crippen molar-refractivity contribution in [3.63, 3.8) is 0 Å². The number of halogens is 1. The molecule has 0 saturated heterocycles. The third-order valence-corrected chi connectivity index (χ3v) is 3.66. The summed E-state index contributed by atoms with van der Waals surface area (Å²) in [6.07, 6.45) is 3.03. The van der Waals surface area contributed by atoms with Crippen LogP contribution in [0.5, 0.6) is 0 Å². The van der Waals surface area contributed by atoms with E-state index in [0.717, 1.165) is 0 Å². The van der Waals surface area contributed by atoms with E-state index in [1.807, 2.05) is 13.8 Å². The van der Waals surface area contributed by atoms with Crippen molar-refractivity contribution in [2.24, 2.45) is 13.0 Å². The number of nitrogens with one attached hydrogen (secondary N) is 2. The number of hydrogen-bond donors (Lipinski definition) is 2. The number of carbonyl (C=O) groups excluding carboxylic acids is 2. The second-order valence-electron chi connectivity index (χ2n) is 5.94. The van der Waals surface area contributed by atoms with Crippen LogP contribution in [0.4, 0.5) is 5.69 Å². The smallest absolute Gasteiger partial charge is 0.271 e. The third kappa shape index (κ3) is 4.35. The zero-order chi connectivity index (χ0) is 17.9. The predicted molar refractivity (Wildman–Crippen MR) is 91.0 cm³/mol. The zero-order valence-electron chi connectivity index (χ0n) is 14.1. The maximum absolute atomic E-state index is 12.3. The molecule has 2 heterocycles. The molecule has 24 heavy (non-hydrogen) atoms. The maximum Gasteiger partial charge on any atom is 0.271 e. The molecule has 0 bridgehead atoms. The van der Waals surface area contributed by atoms with Gasteiger partial charge in [0.15, 0.2) is 0 Å². The Hall–Kier alpha value is -2.35. The largest absolute Gasteiger partial charge is 0.350 e. The molecule has 8 nitrogen and oxygen atoms in total. The number of rotatable bonds is 6. The molecule has 2 N–H and O–H groups in total. The summed E-state index contributed by atoms with van der Waals surface area (Å²) in [5.41, 5.74) is 1.32. The molecule has 0 aromatic carbocycles. The van der Waals surface area contributed by atoms with Gasteiger partial charge in [0.05, 0.1) is 22.6 Å². The molecule has 0 aliphatic heterocycles. The summed E-state index contributed by atoms with van der Waals surface area (Å²) in [5, 5.41) is 14.2. The minimum atomic E-state index is -0.319. The highest BCUT2D eigenvalue weighted by atomic mass is 35.5. The van der Waals surface area contributed by atoms with E-state index in [-0.39, 0.29) is 18.4 Å². The number of amides is 2. The van der Waals surface area contributed by atoms with Gasteiger partial charge in [0.1, 0.15) is 12.2 Å². The molecule has 0 unspecified atom stereocenters. The molecule has 0 aliphatic rings. The number of hydrogen-bond acceptors (Lipinski definition) is 4. The van der Waals surface area contributed by atoms with E-state index in [2.05, 4.69) is 20.8 Å². The summed E-state index contributed by atoms with van der Waals surface area (Å²) >= 11 is 5.92. The highest BCUT2D eigenvalue weighted by Gasteiger charge is 2.19. The van der Waals surface area contributed by atoms with Crippen LogP contribution >= 0.6 is 11.6 Å². The Bertz CT molecular complexity index is 730. The SMILES string of the molecule is Cc1nn(CC(=O)Nc2cnn(C)c2C(=O)NCC(C)C)cc1Cl. The molecular weight excluding hydrogens is 332 g/mol. The quantitative estimate of drug-likeness (QED) is 0.825. The molecule has 2 amide bonds. The van der Waals surface area contributed by atoms with Crippen molar-refractivity contribution in [3.05, 3.63) is 28.8 Å². The Labute approximate surface area is 145 Å². The first-order valence-electron chi connectivity index (χ1n) is 7.57. The molecule has 2 aromatic rings. The predicted octanol–water partition coefficient (Wildman–Crippen LogP) is 1.60. The van der Waals surface area contributed by atoms with Crippen molar-refractivity contribution in [2.75, 3.05) is 11.9 Å². The summed E-state index contributed by atoms with van der Waals surface area (Å²) in [7, 11) is 1.65. The van der Waals surface area contributed by atoms with Crippen LogP contribution in [0.3, 0.4) is 0 Å². The molecule has 0 saturated carbocycles. The molecule has 2 rings (SSSR count). The first-order valence-corrected chi connectivity index (χ1v) is 7.95. The van der Waals surface area contributed by atoms with Gasteiger partial charge in [-0.15, -0.1) is 0 Å². The van der Waals surface area contributed by atoms with Crippen molar-refractivity contribution in [1.29, 1.82) is 0 Å². The first kappa shape index (κ1) is 18.0. The fourth-order valence-electron chi connectivity index (χ4n) is 2.09. The van der Waals surface area contributed by atoms with Gasteiger partial charge >= 0.3 is 0 Å². The Morgan fingerprint density at radius 3 is 2.67 bits per heavy atom.